The average Bonchev–Trinajstić information content (AvgIpc) is 3.63. The lowest BCUT2D eigenvalue weighted by Gasteiger charge is -2.21. The van der Waals surface area contributed by atoms with Crippen LogP contribution in [0.1, 0.15) is 51.4 Å². The molecule has 200 valence electrons. The van der Waals surface area contributed by atoms with Gasteiger partial charge in [0.15, 0.2) is 10.8 Å². The van der Waals surface area contributed by atoms with Gasteiger partial charge in [0.25, 0.3) is 0 Å². The molecular weight excluding hydrogens is 510 g/mol. The molecular formula is C31H31N3O4S. The molecule has 0 N–H and O–H groups in total. The first-order chi connectivity index (χ1) is 18.5. The normalized spacial score (nSPS) is 12.1. The molecule has 0 aliphatic carbocycles. The number of aromatic nitrogens is 2. The van der Waals surface area contributed by atoms with Gasteiger partial charge in [-0.15, -0.1) is 11.3 Å². The van der Waals surface area contributed by atoms with Crippen molar-refractivity contribution in [2.75, 3.05) is 13.7 Å². The van der Waals surface area contributed by atoms with Crippen LogP contribution in [0.5, 0.6) is 5.75 Å². The van der Waals surface area contributed by atoms with Gasteiger partial charge in [-0.25, -0.2) is 4.98 Å². The topological polar surface area (TPSA) is 90.3 Å². The highest BCUT2D eigenvalue weighted by Gasteiger charge is 2.30. The van der Waals surface area contributed by atoms with Crippen LogP contribution in [0.3, 0.4) is 0 Å². The molecule has 0 unspecified atom stereocenters. The highest BCUT2D eigenvalue weighted by Crippen LogP contribution is 2.34. The lowest BCUT2D eigenvalue weighted by atomic mass is 9.93. The molecule has 0 atom stereocenters. The molecule has 0 saturated heterocycles. The van der Waals surface area contributed by atoms with Crippen molar-refractivity contribution in [2.24, 2.45) is 5.41 Å². The summed E-state index contributed by atoms with van der Waals surface area (Å²) in [7, 11) is 1.37. The Morgan fingerprint density at radius 3 is 2.62 bits per heavy atom. The summed E-state index contributed by atoms with van der Waals surface area (Å²) in [5.74, 6) is 1.03. The van der Waals surface area contributed by atoms with Gasteiger partial charge in [0.05, 0.1) is 23.8 Å². The summed E-state index contributed by atoms with van der Waals surface area (Å²) in [5.41, 5.74) is 3.65. The zero-order valence-electron chi connectivity index (χ0n) is 23.0. The van der Waals surface area contributed by atoms with Gasteiger partial charge < -0.3 is 18.5 Å². The number of carbonyl (C=O) groups is 1. The average molecular weight is 542 g/mol. The second-order valence-corrected chi connectivity index (χ2v) is 12.3. The Morgan fingerprint density at radius 2 is 1.92 bits per heavy atom. The summed E-state index contributed by atoms with van der Waals surface area (Å²) >= 11 is 1.59. The van der Waals surface area contributed by atoms with Gasteiger partial charge in [0, 0.05) is 39.8 Å². The summed E-state index contributed by atoms with van der Waals surface area (Å²) < 4.78 is 18.9. The van der Waals surface area contributed by atoms with E-state index in [9.17, 15) is 10.1 Å². The number of fused-ring (bicyclic) bond motifs is 2. The summed E-state index contributed by atoms with van der Waals surface area (Å²) in [5, 5.41) is 14.6. The van der Waals surface area contributed by atoms with Gasteiger partial charge in [-0.3, -0.25) is 4.79 Å². The van der Waals surface area contributed by atoms with Gasteiger partial charge in [0.2, 0.25) is 0 Å². The number of furan rings is 1. The number of benzene rings is 2. The van der Waals surface area contributed by atoms with Crippen molar-refractivity contribution in [2.45, 2.75) is 46.6 Å². The minimum Gasteiger partial charge on any atom is -0.492 e. The molecule has 5 rings (SSSR count). The summed E-state index contributed by atoms with van der Waals surface area (Å²) in [6, 6.07) is 16.1. The number of nitrogens with zero attached hydrogens (tertiary/aromatic N) is 3. The molecule has 0 bridgehead atoms. The highest BCUT2D eigenvalue weighted by atomic mass is 32.1. The second-order valence-electron chi connectivity index (χ2n) is 11.4. The first-order valence-electron chi connectivity index (χ1n) is 12.7. The molecule has 0 spiro atoms. The van der Waals surface area contributed by atoms with E-state index in [4.69, 9.17) is 18.9 Å². The Labute approximate surface area is 231 Å². The number of hydrogen-bond acceptors (Lipinski definition) is 7. The van der Waals surface area contributed by atoms with Crippen LogP contribution < -0.4 is 4.74 Å². The smallest absolute Gasteiger partial charge is 0.314 e. The first-order valence-corrected chi connectivity index (χ1v) is 13.6. The van der Waals surface area contributed by atoms with E-state index >= 15 is 0 Å². The molecule has 7 nitrogen and oxygen atoms in total. The van der Waals surface area contributed by atoms with Gasteiger partial charge in [-0.1, -0.05) is 26.8 Å². The lowest BCUT2D eigenvalue weighted by Crippen LogP contribution is -2.32. The molecule has 5 aromatic rings. The van der Waals surface area contributed by atoms with Crippen LogP contribution in [-0.4, -0.2) is 29.2 Å². The fourth-order valence-corrected chi connectivity index (χ4v) is 5.41. The van der Waals surface area contributed by atoms with Crippen molar-refractivity contribution >= 4 is 39.2 Å². The molecule has 0 aliphatic heterocycles. The standard InChI is InChI=1S/C31H31N3O4S/c1-30(2,3)27-17-39-28(33-27)26-12-20-11-19(7-10-25(20)38-26)15-34-16-21(14-32)23-13-22(8-9-24(23)34)37-18-31(4,5)29(35)36-6/h7-13,16-17H,15,18H2,1-6H3. The van der Waals surface area contributed by atoms with Crippen LogP contribution in [-0.2, 0) is 21.5 Å². The van der Waals surface area contributed by atoms with E-state index in [0.717, 1.165) is 43.9 Å². The van der Waals surface area contributed by atoms with Crippen LogP contribution in [0.2, 0.25) is 0 Å². The zero-order valence-corrected chi connectivity index (χ0v) is 23.8. The van der Waals surface area contributed by atoms with E-state index in [2.05, 4.69) is 42.9 Å². The van der Waals surface area contributed by atoms with Crippen molar-refractivity contribution in [3.8, 4) is 22.6 Å². The number of carbonyl (C=O) groups excluding carboxylic acids is 1. The Bertz CT molecular complexity index is 1730. The van der Waals surface area contributed by atoms with E-state index in [1.807, 2.05) is 42.6 Å². The van der Waals surface area contributed by atoms with Crippen LogP contribution in [0.25, 0.3) is 32.6 Å². The Kier molecular flexibility index (Phi) is 6.73. The molecule has 0 aliphatic rings. The minimum absolute atomic E-state index is 0.0116. The van der Waals surface area contributed by atoms with Crippen molar-refractivity contribution in [1.29, 1.82) is 5.26 Å². The number of methoxy groups -OCH3 is 1. The third-order valence-electron chi connectivity index (χ3n) is 6.73. The van der Waals surface area contributed by atoms with Crippen molar-refractivity contribution in [3.05, 3.63) is 70.9 Å². The Morgan fingerprint density at radius 1 is 1.13 bits per heavy atom. The predicted molar refractivity (Wildman–Crippen MR) is 153 cm³/mol. The van der Waals surface area contributed by atoms with Crippen LogP contribution in [0.4, 0.5) is 0 Å². The third kappa shape index (κ3) is 5.27. The number of ether oxygens (including phenoxy) is 2. The molecule has 0 radical (unpaired) electrons. The van der Waals surface area contributed by atoms with Gasteiger partial charge in [0.1, 0.15) is 24.0 Å². The minimum atomic E-state index is -0.784. The monoisotopic (exact) mass is 541 g/mol. The number of thiazole rings is 1. The summed E-state index contributed by atoms with van der Waals surface area (Å²) in [6.07, 6.45) is 1.86. The summed E-state index contributed by atoms with van der Waals surface area (Å²) in [6.45, 7) is 10.8. The van der Waals surface area contributed by atoms with E-state index in [0.29, 0.717) is 17.9 Å². The number of rotatable bonds is 7. The summed E-state index contributed by atoms with van der Waals surface area (Å²) in [4.78, 5) is 16.8. The molecule has 2 aromatic carbocycles. The fraction of sp³-hybridized carbons (Fsp3) is 0.323. The number of nitriles is 1. The van der Waals surface area contributed by atoms with Gasteiger partial charge in [-0.05, 0) is 55.8 Å². The van der Waals surface area contributed by atoms with Crippen LogP contribution in [0, 0.1) is 16.7 Å². The van der Waals surface area contributed by atoms with Gasteiger partial charge >= 0.3 is 5.97 Å². The van der Waals surface area contributed by atoms with Crippen LogP contribution in [0.15, 0.2) is 58.5 Å². The van der Waals surface area contributed by atoms with Crippen molar-refractivity contribution in [3.63, 3.8) is 0 Å². The van der Waals surface area contributed by atoms with Crippen molar-refractivity contribution in [1.82, 2.24) is 9.55 Å². The second kappa shape index (κ2) is 9.90. The molecule has 8 heteroatoms. The third-order valence-corrected chi connectivity index (χ3v) is 7.58. The first kappa shape index (κ1) is 26.5. The lowest BCUT2D eigenvalue weighted by molar-refractivity contribution is -0.152. The number of esters is 1. The SMILES string of the molecule is COC(=O)C(C)(C)COc1ccc2c(c1)c(C#N)cn2Cc1ccc2oc(-c3nc(C(C)(C)C)cs3)cc2c1. The molecule has 0 fully saturated rings. The molecule has 3 aromatic heterocycles. The number of hydrogen-bond donors (Lipinski definition) is 0. The molecule has 0 saturated carbocycles. The maximum absolute atomic E-state index is 12.0. The highest BCUT2D eigenvalue weighted by molar-refractivity contribution is 7.13. The van der Waals surface area contributed by atoms with Gasteiger partial charge in [-0.2, -0.15) is 5.26 Å². The quantitative estimate of drug-likeness (QED) is 0.201. The Balaban J connectivity index is 1.39. The van der Waals surface area contributed by atoms with Crippen LogP contribution >= 0.6 is 11.3 Å². The van der Waals surface area contributed by atoms with Crippen molar-refractivity contribution < 1.29 is 18.7 Å². The largest absolute Gasteiger partial charge is 0.492 e. The Hall–Kier alpha value is -4.09. The maximum atomic E-state index is 12.0. The predicted octanol–water partition coefficient (Wildman–Crippen LogP) is 7.31. The van der Waals surface area contributed by atoms with E-state index in [1.54, 1.807) is 25.2 Å². The van der Waals surface area contributed by atoms with E-state index in [-0.39, 0.29) is 18.0 Å². The van der Waals surface area contributed by atoms with E-state index in [1.165, 1.54) is 7.11 Å². The molecule has 39 heavy (non-hydrogen) atoms. The molecule has 3 heterocycles. The molecule has 0 amide bonds. The fourth-order valence-electron chi connectivity index (χ4n) is 4.41. The zero-order chi connectivity index (χ0) is 27.9. The van der Waals surface area contributed by atoms with E-state index < -0.39 is 5.41 Å². The maximum Gasteiger partial charge on any atom is 0.314 e.